The van der Waals surface area contributed by atoms with Gasteiger partial charge in [-0.05, 0) is 50.9 Å². The van der Waals surface area contributed by atoms with Gasteiger partial charge in [0, 0.05) is 14.6 Å². The Morgan fingerprint density at radius 1 is 1.37 bits per heavy atom. The lowest BCUT2D eigenvalue weighted by atomic mass is 10.3. The van der Waals surface area contributed by atoms with Crippen LogP contribution in [0.5, 0.6) is 0 Å². The van der Waals surface area contributed by atoms with Crippen LogP contribution in [-0.4, -0.2) is 27.5 Å². The number of esters is 1. The number of nitrogens with two attached hydrogens (primary N) is 1. The molecular weight excluding hydrogens is 404 g/mol. The molecule has 6 nitrogen and oxygen atoms in total. The number of rotatable bonds is 4. The van der Waals surface area contributed by atoms with Crippen LogP contribution in [0.1, 0.15) is 6.92 Å². The average Bonchev–Trinajstić information content (AvgIpc) is 2.24. The molecule has 0 aliphatic carbocycles. The van der Waals surface area contributed by atoms with Crippen molar-refractivity contribution in [3.63, 3.8) is 0 Å². The minimum Gasteiger partial charge on any atom is -0.468 e. The third kappa shape index (κ3) is 3.91. The van der Waals surface area contributed by atoms with Gasteiger partial charge in [-0.15, -0.1) is 0 Å². The number of sulfonamides is 1. The Morgan fingerprint density at radius 2 is 1.84 bits per heavy atom. The molecule has 9 heteroatoms. The molecule has 19 heavy (non-hydrogen) atoms. The van der Waals surface area contributed by atoms with E-state index in [0.29, 0.717) is 14.6 Å². The second kappa shape index (κ2) is 6.21. The molecule has 1 rings (SSSR count). The first-order valence-electron chi connectivity index (χ1n) is 5.03. The Bertz CT molecular complexity index is 581. The highest BCUT2D eigenvalue weighted by Crippen LogP contribution is 2.32. The second-order valence-electron chi connectivity index (χ2n) is 3.68. The molecule has 1 aromatic rings. The Kier molecular flexibility index (Phi) is 5.36. The highest BCUT2D eigenvalue weighted by molar-refractivity contribution is 9.11. The first kappa shape index (κ1) is 16.4. The molecule has 1 aromatic carbocycles. The molecule has 0 saturated carbocycles. The smallest absolute Gasteiger partial charge is 0.323 e. The molecule has 1 unspecified atom stereocenters. The zero-order valence-electron chi connectivity index (χ0n) is 10.1. The number of nitrogens with one attached hydrogen (secondary N) is 1. The van der Waals surface area contributed by atoms with Crippen LogP contribution in [-0.2, 0) is 19.6 Å². The third-order valence-corrected chi connectivity index (χ3v) is 5.59. The van der Waals surface area contributed by atoms with Crippen molar-refractivity contribution >= 4 is 53.5 Å². The van der Waals surface area contributed by atoms with Gasteiger partial charge in [-0.1, -0.05) is 0 Å². The van der Waals surface area contributed by atoms with Crippen LogP contribution in [0.4, 0.5) is 5.69 Å². The number of methoxy groups -OCH3 is 1. The van der Waals surface area contributed by atoms with E-state index in [9.17, 15) is 13.2 Å². The molecule has 0 spiro atoms. The van der Waals surface area contributed by atoms with Crippen LogP contribution in [0.2, 0.25) is 0 Å². The molecule has 0 saturated heterocycles. The van der Waals surface area contributed by atoms with Gasteiger partial charge in [-0.2, -0.15) is 4.72 Å². The lowest BCUT2D eigenvalue weighted by Crippen LogP contribution is -2.39. The van der Waals surface area contributed by atoms with Crippen LogP contribution in [0, 0.1) is 0 Å². The number of hydrogen-bond acceptors (Lipinski definition) is 5. The molecule has 1 atom stereocenters. The van der Waals surface area contributed by atoms with Crippen molar-refractivity contribution in [1.29, 1.82) is 0 Å². The fraction of sp³-hybridized carbons (Fsp3) is 0.300. The number of benzene rings is 1. The molecule has 0 bridgehead atoms. The minimum absolute atomic E-state index is 0.0301. The summed E-state index contributed by atoms with van der Waals surface area (Å²) in [5.41, 5.74) is 5.99. The first-order valence-corrected chi connectivity index (χ1v) is 8.10. The summed E-state index contributed by atoms with van der Waals surface area (Å²) in [6.07, 6.45) is 0. The molecular formula is C10H12Br2N2O4S. The average molecular weight is 416 g/mol. The van der Waals surface area contributed by atoms with E-state index in [-0.39, 0.29) is 4.90 Å². The molecule has 106 valence electrons. The van der Waals surface area contributed by atoms with Gasteiger partial charge in [-0.3, -0.25) is 4.79 Å². The zero-order valence-corrected chi connectivity index (χ0v) is 14.1. The van der Waals surface area contributed by atoms with Gasteiger partial charge in [0.1, 0.15) is 10.9 Å². The summed E-state index contributed by atoms with van der Waals surface area (Å²) in [7, 11) is -2.71. The van der Waals surface area contributed by atoms with Crippen LogP contribution in [0.15, 0.2) is 26.0 Å². The maximum absolute atomic E-state index is 12.2. The van der Waals surface area contributed by atoms with E-state index in [1.807, 2.05) is 0 Å². The van der Waals surface area contributed by atoms with E-state index in [1.165, 1.54) is 26.2 Å². The van der Waals surface area contributed by atoms with Crippen molar-refractivity contribution in [2.75, 3.05) is 12.8 Å². The monoisotopic (exact) mass is 414 g/mol. The molecule has 0 heterocycles. The second-order valence-corrected chi connectivity index (χ2v) is 7.04. The summed E-state index contributed by atoms with van der Waals surface area (Å²) in [4.78, 5) is 11.2. The maximum atomic E-state index is 12.2. The summed E-state index contributed by atoms with van der Waals surface area (Å²) in [5.74, 6) is -0.675. The van der Waals surface area contributed by atoms with Gasteiger partial charge in [0.25, 0.3) is 0 Å². The Labute approximate surface area is 128 Å². The van der Waals surface area contributed by atoms with Gasteiger partial charge < -0.3 is 10.5 Å². The predicted octanol–water partition coefficient (Wildman–Crippen LogP) is 1.63. The Morgan fingerprint density at radius 3 is 2.26 bits per heavy atom. The van der Waals surface area contributed by atoms with Crippen molar-refractivity contribution < 1.29 is 17.9 Å². The first-order chi connectivity index (χ1) is 8.69. The highest BCUT2D eigenvalue weighted by atomic mass is 79.9. The summed E-state index contributed by atoms with van der Waals surface area (Å²) in [6.45, 7) is 1.39. The largest absolute Gasteiger partial charge is 0.468 e. The van der Waals surface area contributed by atoms with Gasteiger partial charge >= 0.3 is 5.97 Å². The van der Waals surface area contributed by atoms with Crippen molar-refractivity contribution in [1.82, 2.24) is 4.72 Å². The lowest BCUT2D eigenvalue weighted by molar-refractivity contribution is -0.142. The fourth-order valence-corrected chi connectivity index (χ4v) is 5.16. The van der Waals surface area contributed by atoms with Gasteiger partial charge in [0.05, 0.1) is 7.11 Å². The normalized spacial score (nSPS) is 13.1. The van der Waals surface area contributed by atoms with E-state index in [4.69, 9.17) is 5.73 Å². The maximum Gasteiger partial charge on any atom is 0.323 e. The number of ether oxygens (including phenoxy) is 1. The number of halogens is 2. The van der Waals surface area contributed by atoms with Gasteiger partial charge in [-0.25, -0.2) is 8.42 Å². The van der Waals surface area contributed by atoms with Crippen molar-refractivity contribution in [2.24, 2.45) is 0 Å². The number of carbonyl (C=O) groups excluding carboxylic acids is 1. The number of hydrogen-bond donors (Lipinski definition) is 2. The van der Waals surface area contributed by atoms with E-state index in [0.717, 1.165) is 0 Å². The van der Waals surface area contributed by atoms with E-state index >= 15 is 0 Å². The van der Waals surface area contributed by atoms with E-state index in [2.05, 4.69) is 41.3 Å². The van der Waals surface area contributed by atoms with E-state index in [1.54, 1.807) is 0 Å². The quantitative estimate of drug-likeness (QED) is 0.575. The molecule has 0 aliphatic rings. The number of anilines is 1. The SMILES string of the molecule is COC(=O)C(C)NS(=O)(=O)c1c(Br)cc(N)cc1Br. The minimum atomic E-state index is -3.89. The number of carbonyl (C=O) groups is 1. The predicted molar refractivity (Wildman–Crippen MR) is 78.1 cm³/mol. The lowest BCUT2D eigenvalue weighted by Gasteiger charge is -2.14. The molecule has 0 aliphatic heterocycles. The number of nitrogen functional groups attached to an aromatic ring is 1. The summed E-state index contributed by atoms with van der Waals surface area (Å²) >= 11 is 6.26. The molecule has 0 amide bonds. The molecule has 3 N–H and O–H groups in total. The Balaban J connectivity index is 3.18. The van der Waals surface area contributed by atoms with Crippen LogP contribution < -0.4 is 10.5 Å². The van der Waals surface area contributed by atoms with Crippen LogP contribution in [0.3, 0.4) is 0 Å². The zero-order chi connectivity index (χ0) is 14.8. The Hall–Kier alpha value is -0.640. The van der Waals surface area contributed by atoms with Crippen LogP contribution in [0.25, 0.3) is 0 Å². The standard InChI is InChI=1S/C10H12Br2N2O4S/c1-5(10(15)18-2)14-19(16,17)9-7(11)3-6(13)4-8(9)12/h3-5,14H,13H2,1-2H3. The molecule has 0 aromatic heterocycles. The van der Waals surface area contributed by atoms with Crippen molar-refractivity contribution in [3.05, 3.63) is 21.1 Å². The molecule has 0 fully saturated rings. The van der Waals surface area contributed by atoms with Crippen molar-refractivity contribution in [2.45, 2.75) is 17.9 Å². The van der Waals surface area contributed by atoms with E-state index < -0.39 is 22.0 Å². The summed E-state index contributed by atoms with van der Waals surface area (Å²) in [5, 5.41) is 0. The summed E-state index contributed by atoms with van der Waals surface area (Å²) < 4.78 is 31.7. The summed E-state index contributed by atoms with van der Waals surface area (Å²) in [6, 6.07) is 1.93. The third-order valence-electron chi connectivity index (χ3n) is 2.18. The molecule has 0 radical (unpaired) electrons. The van der Waals surface area contributed by atoms with Gasteiger partial charge in [0.15, 0.2) is 0 Å². The topological polar surface area (TPSA) is 98.5 Å². The van der Waals surface area contributed by atoms with Crippen LogP contribution >= 0.6 is 31.9 Å². The van der Waals surface area contributed by atoms with Crippen molar-refractivity contribution in [3.8, 4) is 0 Å². The highest BCUT2D eigenvalue weighted by Gasteiger charge is 2.26. The van der Waals surface area contributed by atoms with Gasteiger partial charge in [0.2, 0.25) is 10.0 Å². The fourth-order valence-electron chi connectivity index (χ4n) is 1.35.